The van der Waals surface area contributed by atoms with Crippen LogP contribution in [0.5, 0.6) is 5.88 Å². The maximum atomic E-state index is 10.9. The van der Waals surface area contributed by atoms with Gasteiger partial charge in [-0.05, 0) is 25.8 Å². The lowest BCUT2D eigenvalue weighted by atomic mass is 9.90. The summed E-state index contributed by atoms with van der Waals surface area (Å²) in [4.78, 5) is 14.3. The summed E-state index contributed by atoms with van der Waals surface area (Å²) in [5.41, 5.74) is 6.12. The van der Waals surface area contributed by atoms with Crippen LogP contribution in [0.15, 0.2) is 12.3 Å². The molecule has 0 radical (unpaired) electrons. The predicted molar refractivity (Wildman–Crippen MR) is 57.3 cm³/mol. The Kier molecular flexibility index (Phi) is 2.74. The van der Waals surface area contributed by atoms with Crippen LogP contribution in [0, 0.1) is 17.0 Å². The van der Waals surface area contributed by atoms with Crippen LogP contribution < -0.4 is 10.5 Å². The summed E-state index contributed by atoms with van der Waals surface area (Å²) < 4.78 is 5.46. The van der Waals surface area contributed by atoms with Crippen molar-refractivity contribution in [3.8, 4) is 5.88 Å². The summed E-state index contributed by atoms with van der Waals surface area (Å²) in [6, 6.07) is 1.74. The fourth-order valence-corrected chi connectivity index (χ4v) is 1.69. The number of aromatic nitrogens is 1. The van der Waals surface area contributed by atoms with E-state index in [1.807, 2.05) is 0 Å². The van der Waals surface area contributed by atoms with Gasteiger partial charge >= 0.3 is 5.69 Å². The fraction of sp³-hybridized carbons (Fsp3) is 0.500. The Balaban J connectivity index is 2.19. The van der Waals surface area contributed by atoms with E-state index in [0.717, 1.165) is 12.8 Å². The van der Waals surface area contributed by atoms with Crippen LogP contribution >= 0.6 is 0 Å². The number of hydrogen-bond acceptors (Lipinski definition) is 5. The van der Waals surface area contributed by atoms with Crippen molar-refractivity contribution in [1.82, 2.24) is 4.98 Å². The summed E-state index contributed by atoms with van der Waals surface area (Å²) in [7, 11) is 0. The van der Waals surface area contributed by atoms with Gasteiger partial charge in [0.25, 0.3) is 5.88 Å². The molecule has 0 saturated heterocycles. The van der Waals surface area contributed by atoms with Gasteiger partial charge in [-0.3, -0.25) is 10.1 Å². The van der Waals surface area contributed by atoms with Crippen molar-refractivity contribution < 1.29 is 9.66 Å². The van der Waals surface area contributed by atoms with Crippen molar-refractivity contribution >= 4 is 5.69 Å². The third-order valence-corrected chi connectivity index (χ3v) is 2.68. The molecule has 0 amide bonds. The first kappa shape index (κ1) is 10.8. The van der Waals surface area contributed by atoms with E-state index >= 15 is 0 Å². The first-order valence-corrected chi connectivity index (χ1v) is 5.10. The maximum absolute atomic E-state index is 10.9. The van der Waals surface area contributed by atoms with E-state index in [2.05, 4.69) is 4.98 Å². The summed E-state index contributed by atoms with van der Waals surface area (Å²) in [6.45, 7) is 1.67. The minimum absolute atomic E-state index is 0.0389. The van der Waals surface area contributed by atoms with Gasteiger partial charge in [0.05, 0.1) is 4.92 Å². The number of aryl methyl sites for hydroxylation is 1. The lowest BCUT2D eigenvalue weighted by Crippen LogP contribution is -2.43. The van der Waals surface area contributed by atoms with Crippen molar-refractivity contribution in [3.63, 3.8) is 0 Å². The van der Waals surface area contributed by atoms with Crippen molar-refractivity contribution in [3.05, 3.63) is 27.9 Å². The van der Waals surface area contributed by atoms with Gasteiger partial charge < -0.3 is 10.5 Å². The van der Waals surface area contributed by atoms with Crippen LogP contribution in [-0.4, -0.2) is 22.1 Å². The van der Waals surface area contributed by atoms with E-state index in [-0.39, 0.29) is 23.7 Å². The zero-order chi connectivity index (χ0) is 11.7. The maximum Gasteiger partial charge on any atom is 0.333 e. The highest BCUT2D eigenvalue weighted by Gasteiger charge is 2.31. The topological polar surface area (TPSA) is 91.3 Å². The van der Waals surface area contributed by atoms with Gasteiger partial charge in [-0.15, -0.1) is 0 Å². The van der Waals surface area contributed by atoms with Crippen LogP contribution in [0.25, 0.3) is 0 Å². The second-order valence-electron chi connectivity index (χ2n) is 4.01. The Hall–Kier alpha value is -1.69. The normalized spacial score (nSPS) is 23.6. The summed E-state index contributed by atoms with van der Waals surface area (Å²) in [5.74, 6) is 0.0990. The molecule has 0 aliphatic heterocycles. The quantitative estimate of drug-likeness (QED) is 0.613. The molecule has 1 heterocycles. The van der Waals surface area contributed by atoms with Gasteiger partial charge in [-0.1, -0.05) is 0 Å². The standard InChI is InChI=1S/C10H13N3O3/c1-6-2-3-12-10(9(6)13(14)15)16-8-4-7(11)5-8/h2-3,7-8H,4-5,11H2,1H3. The van der Waals surface area contributed by atoms with Crippen molar-refractivity contribution in [1.29, 1.82) is 0 Å². The molecule has 1 aromatic rings. The summed E-state index contributed by atoms with van der Waals surface area (Å²) in [5, 5.41) is 10.9. The van der Waals surface area contributed by atoms with E-state index < -0.39 is 4.92 Å². The molecule has 0 unspecified atom stereocenters. The van der Waals surface area contributed by atoms with Crippen LogP contribution in [0.4, 0.5) is 5.69 Å². The van der Waals surface area contributed by atoms with E-state index in [0.29, 0.717) is 5.56 Å². The van der Waals surface area contributed by atoms with E-state index in [1.54, 1.807) is 13.0 Å². The van der Waals surface area contributed by atoms with Gasteiger partial charge in [0.15, 0.2) is 0 Å². The molecule has 1 fully saturated rings. The number of pyridine rings is 1. The number of nitrogens with zero attached hydrogens (tertiary/aromatic N) is 2. The van der Waals surface area contributed by atoms with Gasteiger partial charge in [-0.2, -0.15) is 0 Å². The van der Waals surface area contributed by atoms with E-state index in [1.165, 1.54) is 6.20 Å². The predicted octanol–water partition coefficient (Wildman–Crippen LogP) is 1.17. The number of ether oxygens (including phenoxy) is 1. The van der Waals surface area contributed by atoms with Gasteiger partial charge in [-0.25, -0.2) is 4.98 Å². The molecule has 16 heavy (non-hydrogen) atoms. The fourth-order valence-electron chi connectivity index (χ4n) is 1.69. The Morgan fingerprint density at radius 3 is 2.88 bits per heavy atom. The second-order valence-corrected chi connectivity index (χ2v) is 4.01. The smallest absolute Gasteiger partial charge is 0.333 e. The van der Waals surface area contributed by atoms with Crippen molar-refractivity contribution in [2.45, 2.75) is 31.9 Å². The summed E-state index contributed by atoms with van der Waals surface area (Å²) in [6.07, 6.45) is 2.93. The highest BCUT2D eigenvalue weighted by molar-refractivity contribution is 5.47. The summed E-state index contributed by atoms with van der Waals surface area (Å²) >= 11 is 0. The molecule has 1 aliphatic carbocycles. The average molecular weight is 223 g/mol. The van der Waals surface area contributed by atoms with E-state index in [4.69, 9.17) is 10.5 Å². The molecule has 0 atom stereocenters. The number of hydrogen-bond donors (Lipinski definition) is 1. The SMILES string of the molecule is Cc1ccnc(OC2CC(N)C2)c1[N+](=O)[O-]. The lowest BCUT2D eigenvalue weighted by Gasteiger charge is -2.31. The molecule has 86 valence electrons. The highest BCUT2D eigenvalue weighted by Crippen LogP contribution is 2.31. The van der Waals surface area contributed by atoms with Crippen molar-refractivity contribution in [2.24, 2.45) is 5.73 Å². The lowest BCUT2D eigenvalue weighted by molar-refractivity contribution is -0.387. The Labute approximate surface area is 92.6 Å². The number of rotatable bonds is 3. The minimum atomic E-state index is -0.462. The molecule has 2 rings (SSSR count). The Bertz CT molecular complexity index is 416. The van der Waals surface area contributed by atoms with Gasteiger partial charge in [0.2, 0.25) is 0 Å². The first-order valence-electron chi connectivity index (χ1n) is 5.10. The third-order valence-electron chi connectivity index (χ3n) is 2.68. The largest absolute Gasteiger partial charge is 0.469 e. The Morgan fingerprint density at radius 1 is 1.62 bits per heavy atom. The molecule has 6 nitrogen and oxygen atoms in total. The molecular formula is C10H13N3O3. The molecule has 1 aliphatic rings. The van der Waals surface area contributed by atoms with E-state index in [9.17, 15) is 10.1 Å². The molecule has 0 aromatic carbocycles. The van der Waals surface area contributed by atoms with Crippen molar-refractivity contribution in [2.75, 3.05) is 0 Å². The molecule has 0 spiro atoms. The van der Waals surface area contributed by atoms with Crippen LogP contribution in [0.2, 0.25) is 0 Å². The van der Waals surface area contributed by atoms with Gasteiger partial charge in [0, 0.05) is 17.8 Å². The number of nitro groups is 1. The zero-order valence-corrected chi connectivity index (χ0v) is 8.92. The monoisotopic (exact) mass is 223 g/mol. The molecule has 1 saturated carbocycles. The first-order chi connectivity index (χ1) is 7.58. The van der Waals surface area contributed by atoms with Crippen LogP contribution in [0.1, 0.15) is 18.4 Å². The highest BCUT2D eigenvalue weighted by atomic mass is 16.6. The molecule has 6 heteroatoms. The number of nitrogens with two attached hydrogens (primary N) is 1. The molecule has 0 bridgehead atoms. The second kappa shape index (κ2) is 4.05. The van der Waals surface area contributed by atoms with Crippen LogP contribution in [0.3, 0.4) is 0 Å². The molecule has 2 N–H and O–H groups in total. The van der Waals surface area contributed by atoms with Gasteiger partial charge in [0.1, 0.15) is 6.10 Å². The zero-order valence-electron chi connectivity index (χ0n) is 8.92. The third kappa shape index (κ3) is 1.96. The average Bonchev–Trinajstić information content (AvgIpc) is 2.14. The Morgan fingerprint density at radius 2 is 2.31 bits per heavy atom. The molecule has 1 aromatic heterocycles. The van der Waals surface area contributed by atoms with Crippen LogP contribution in [-0.2, 0) is 0 Å². The minimum Gasteiger partial charge on any atom is -0.469 e. The molecular weight excluding hydrogens is 210 g/mol.